The van der Waals surface area contributed by atoms with Crippen LogP contribution in [0.25, 0.3) is 5.52 Å². The van der Waals surface area contributed by atoms with Crippen LogP contribution in [0.3, 0.4) is 0 Å². The number of nitriles is 1. The highest BCUT2D eigenvalue weighted by Crippen LogP contribution is 2.25. The lowest BCUT2D eigenvalue weighted by molar-refractivity contribution is -0.0392. The van der Waals surface area contributed by atoms with E-state index in [1.807, 2.05) is 13.8 Å². The molecule has 2 aromatic heterocycles. The summed E-state index contributed by atoms with van der Waals surface area (Å²) in [6.45, 7) is 3.56. The quantitative estimate of drug-likeness (QED) is 0.487. The lowest BCUT2D eigenvalue weighted by Gasteiger charge is -2.22. The summed E-state index contributed by atoms with van der Waals surface area (Å²) in [5.74, 6) is 0.429. The third-order valence-corrected chi connectivity index (χ3v) is 4.29. The Labute approximate surface area is 171 Å². The number of aromatic nitrogens is 3. The number of carbonyl (C=O) groups is 2. The third kappa shape index (κ3) is 4.80. The number of hydrogen-bond donors (Lipinski definition) is 1. The van der Waals surface area contributed by atoms with Gasteiger partial charge in [-0.2, -0.15) is 10.4 Å². The molecule has 3 atom stereocenters. The molecule has 0 aromatic carbocycles. The van der Waals surface area contributed by atoms with E-state index in [0.29, 0.717) is 17.0 Å². The fourth-order valence-electron chi connectivity index (χ4n) is 2.94. The summed E-state index contributed by atoms with van der Waals surface area (Å²) in [6.07, 6.45) is -1.72. The lowest BCUT2D eigenvalue weighted by atomic mass is 10.0. The van der Waals surface area contributed by atoms with Crippen LogP contribution in [0.1, 0.15) is 19.5 Å². The maximum atomic E-state index is 11.8. The summed E-state index contributed by atoms with van der Waals surface area (Å²) in [7, 11) is 0. The first-order chi connectivity index (χ1) is 14.4. The second-order valence-corrected chi connectivity index (χ2v) is 6.97. The molecule has 1 aliphatic rings. The van der Waals surface area contributed by atoms with Gasteiger partial charge in [-0.25, -0.2) is 19.1 Å². The van der Waals surface area contributed by atoms with E-state index >= 15 is 0 Å². The smallest absolute Gasteiger partial charge is 0.434 e. The highest BCUT2D eigenvalue weighted by molar-refractivity contribution is 5.65. The van der Waals surface area contributed by atoms with Crippen LogP contribution in [-0.4, -0.2) is 58.4 Å². The first kappa shape index (κ1) is 21.0. The van der Waals surface area contributed by atoms with Gasteiger partial charge in [-0.05, 0) is 18.1 Å². The van der Waals surface area contributed by atoms with Crippen molar-refractivity contribution in [1.29, 1.82) is 5.26 Å². The van der Waals surface area contributed by atoms with Crippen molar-refractivity contribution in [2.75, 3.05) is 18.9 Å². The Morgan fingerprint density at radius 3 is 2.83 bits per heavy atom. The molecule has 2 aromatic rings. The van der Waals surface area contributed by atoms with E-state index in [9.17, 15) is 9.59 Å². The molecule has 12 nitrogen and oxygen atoms in total. The molecule has 1 saturated heterocycles. The molecule has 0 amide bonds. The van der Waals surface area contributed by atoms with Gasteiger partial charge in [0.2, 0.25) is 0 Å². The van der Waals surface area contributed by atoms with Crippen LogP contribution in [0.15, 0.2) is 18.5 Å². The minimum Gasteiger partial charge on any atom is -0.434 e. The Morgan fingerprint density at radius 1 is 1.33 bits per heavy atom. The third-order valence-electron chi connectivity index (χ3n) is 4.29. The second-order valence-electron chi connectivity index (χ2n) is 6.97. The molecule has 0 unspecified atom stereocenters. The number of nitrogen functional groups attached to an aromatic ring is 1. The van der Waals surface area contributed by atoms with E-state index < -0.39 is 30.6 Å². The second kappa shape index (κ2) is 9.17. The Hall–Kier alpha value is -3.75. The Morgan fingerprint density at radius 2 is 2.10 bits per heavy atom. The Bertz CT molecular complexity index is 954. The molecule has 0 saturated carbocycles. The number of carbonyl (C=O) groups excluding carboxylic acids is 2. The minimum atomic E-state index is -1.08. The van der Waals surface area contributed by atoms with Gasteiger partial charge in [0.25, 0.3) is 6.26 Å². The maximum absolute atomic E-state index is 11.8. The highest BCUT2D eigenvalue weighted by atomic mass is 16.8. The van der Waals surface area contributed by atoms with Crippen molar-refractivity contribution in [3.63, 3.8) is 0 Å². The van der Waals surface area contributed by atoms with Crippen LogP contribution in [0.2, 0.25) is 0 Å². The molecule has 30 heavy (non-hydrogen) atoms. The number of hydrogen-bond acceptors (Lipinski definition) is 11. The maximum Gasteiger partial charge on any atom is 0.509 e. The molecule has 3 heterocycles. The summed E-state index contributed by atoms with van der Waals surface area (Å²) in [5.41, 5.74) is 7.09. The number of fused-ring (bicyclic) bond motifs is 1. The SMILES string of the molecule is CC(C)COC(=O)OC[C@@H](OC#N)[C@H]1OC(=O)O[C@H]1Cc1ccc2c(N)ncnn12. The largest absolute Gasteiger partial charge is 0.509 e. The lowest BCUT2D eigenvalue weighted by Crippen LogP contribution is -2.41. The predicted octanol–water partition coefficient (Wildman–Crippen LogP) is 1.43. The van der Waals surface area contributed by atoms with E-state index in [4.69, 9.17) is 34.7 Å². The van der Waals surface area contributed by atoms with Gasteiger partial charge < -0.3 is 29.4 Å². The topological polar surface area (TPSA) is 160 Å². The summed E-state index contributed by atoms with van der Waals surface area (Å²) >= 11 is 0. The average molecular weight is 419 g/mol. The molecule has 3 rings (SSSR count). The molecule has 1 fully saturated rings. The van der Waals surface area contributed by atoms with Gasteiger partial charge >= 0.3 is 12.3 Å². The first-order valence-corrected chi connectivity index (χ1v) is 9.17. The normalized spacial score (nSPS) is 19.1. The number of nitrogens with zero attached hydrogens (tertiary/aromatic N) is 4. The highest BCUT2D eigenvalue weighted by Gasteiger charge is 2.44. The zero-order chi connectivity index (χ0) is 21.7. The van der Waals surface area contributed by atoms with Crippen LogP contribution in [-0.2, 0) is 30.1 Å². The zero-order valence-electron chi connectivity index (χ0n) is 16.4. The van der Waals surface area contributed by atoms with Crippen molar-refractivity contribution < 1.29 is 33.3 Å². The molecule has 0 radical (unpaired) electrons. The first-order valence-electron chi connectivity index (χ1n) is 9.17. The molecule has 12 heteroatoms. The van der Waals surface area contributed by atoms with Gasteiger partial charge in [0.05, 0.1) is 6.61 Å². The molecule has 0 aliphatic carbocycles. The van der Waals surface area contributed by atoms with Crippen molar-refractivity contribution in [2.24, 2.45) is 5.92 Å². The van der Waals surface area contributed by atoms with Crippen molar-refractivity contribution in [1.82, 2.24) is 14.6 Å². The number of rotatable bonds is 8. The molecule has 0 spiro atoms. The predicted molar refractivity (Wildman–Crippen MR) is 98.9 cm³/mol. The van der Waals surface area contributed by atoms with Crippen LogP contribution < -0.4 is 5.73 Å². The van der Waals surface area contributed by atoms with Gasteiger partial charge in [-0.15, -0.1) is 0 Å². The Kier molecular flexibility index (Phi) is 6.41. The van der Waals surface area contributed by atoms with Crippen LogP contribution >= 0.6 is 0 Å². The van der Waals surface area contributed by atoms with Crippen molar-refractivity contribution in [3.05, 3.63) is 24.2 Å². The van der Waals surface area contributed by atoms with E-state index in [-0.39, 0.29) is 25.6 Å². The van der Waals surface area contributed by atoms with Crippen molar-refractivity contribution >= 4 is 23.6 Å². The monoisotopic (exact) mass is 419 g/mol. The van der Waals surface area contributed by atoms with E-state index in [1.165, 1.54) is 12.6 Å². The van der Waals surface area contributed by atoms with Crippen molar-refractivity contribution in [2.45, 2.75) is 38.6 Å². The van der Waals surface area contributed by atoms with E-state index in [2.05, 4.69) is 10.1 Å². The minimum absolute atomic E-state index is 0.131. The zero-order valence-corrected chi connectivity index (χ0v) is 16.4. The van der Waals surface area contributed by atoms with Gasteiger partial charge in [-0.1, -0.05) is 13.8 Å². The fraction of sp³-hybridized carbons (Fsp3) is 0.500. The molecular weight excluding hydrogens is 398 g/mol. The molecule has 1 aliphatic heterocycles. The van der Waals surface area contributed by atoms with Gasteiger partial charge in [0, 0.05) is 12.1 Å². The number of cyclic esters (lactones) is 2. The van der Waals surface area contributed by atoms with Gasteiger partial charge in [-0.3, -0.25) is 0 Å². The summed E-state index contributed by atoms with van der Waals surface area (Å²) in [6, 6.07) is 3.48. The van der Waals surface area contributed by atoms with Crippen molar-refractivity contribution in [3.8, 4) is 6.26 Å². The fourth-order valence-corrected chi connectivity index (χ4v) is 2.94. The molecule has 0 bridgehead atoms. The van der Waals surface area contributed by atoms with E-state index in [1.54, 1.807) is 16.6 Å². The number of nitrogens with two attached hydrogens (primary N) is 1. The van der Waals surface area contributed by atoms with Gasteiger partial charge in [0.1, 0.15) is 18.5 Å². The van der Waals surface area contributed by atoms with Crippen LogP contribution in [0.5, 0.6) is 0 Å². The summed E-state index contributed by atoms with van der Waals surface area (Å²) in [5, 5.41) is 13.1. The standard InChI is InChI=1S/C18H21N5O7/c1-10(2)6-26-17(24)27-7-14(28-8-19)15-13(29-18(25)30-15)5-11-3-4-12-16(20)21-9-22-23(11)12/h3-4,9-10,13-15H,5-7H2,1-2H3,(H2,20,21,22)/t13-,14+,15-/m0/s1. The summed E-state index contributed by atoms with van der Waals surface area (Å²) < 4.78 is 26.8. The molecule has 2 N–H and O–H groups in total. The number of ether oxygens (including phenoxy) is 5. The summed E-state index contributed by atoms with van der Waals surface area (Å²) in [4.78, 5) is 27.4. The molecular formula is C18H21N5O7. The van der Waals surface area contributed by atoms with Crippen LogP contribution in [0.4, 0.5) is 15.4 Å². The molecule has 160 valence electrons. The Balaban J connectivity index is 1.71. The average Bonchev–Trinajstić information content (AvgIpc) is 3.28. The van der Waals surface area contributed by atoms with E-state index in [0.717, 1.165) is 0 Å². The number of anilines is 1. The van der Waals surface area contributed by atoms with Crippen LogP contribution in [0, 0.1) is 17.4 Å². The van der Waals surface area contributed by atoms with Gasteiger partial charge in [0.15, 0.2) is 24.1 Å².